The number of likely N-dealkylation sites (N-methyl/N-ethyl adjacent to an activating group) is 1. The largest absolute Gasteiger partial charge is 0.339 e. The molecule has 0 radical (unpaired) electrons. The SMILES string of the molecule is CCCC1CN(C(=O)Cn2ccc3ccccc32)CC1N(C)C. The molecule has 2 atom stereocenters. The van der Waals surface area contributed by atoms with Crippen LogP contribution in [0.3, 0.4) is 0 Å². The lowest BCUT2D eigenvalue weighted by molar-refractivity contribution is -0.131. The highest BCUT2D eigenvalue weighted by atomic mass is 16.2. The first-order chi connectivity index (χ1) is 11.1. The van der Waals surface area contributed by atoms with E-state index in [1.54, 1.807) is 0 Å². The topological polar surface area (TPSA) is 28.5 Å². The average Bonchev–Trinajstić information content (AvgIpc) is 3.13. The summed E-state index contributed by atoms with van der Waals surface area (Å²) in [4.78, 5) is 17.1. The number of carbonyl (C=O) groups excluding carboxylic acids is 1. The van der Waals surface area contributed by atoms with Gasteiger partial charge in [-0.25, -0.2) is 0 Å². The number of hydrogen-bond acceptors (Lipinski definition) is 2. The molecule has 2 aromatic rings. The lowest BCUT2D eigenvalue weighted by Crippen LogP contribution is -2.37. The minimum absolute atomic E-state index is 0.233. The summed E-state index contributed by atoms with van der Waals surface area (Å²) in [5.74, 6) is 0.831. The van der Waals surface area contributed by atoms with Crippen LogP contribution >= 0.6 is 0 Å². The van der Waals surface area contributed by atoms with E-state index in [2.05, 4.69) is 53.6 Å². The fraction of sp³-hybridized carbons (Fsp3) is 0.526. The highest BCUT2D eigenvalue weighted by Gasteiger charge is 2.35. The molecule has 23 heavy (non-hydrogen) atoms. The van der Waals surface area contributed by atoms with Crippen LogP contribution < -0.4 is 0 Å². The molecule has 1 amide bonds. The van der Waals surface area contributed by atoms with Crippen LogP contribution in [0.25, 0.3) is 10.9 Å². The molecule has 0 N–H and O–H groups in total. The molecule has 124 valence electrons. The molecule has 0 spiro atoms. The van der Waals surface area contributed by atoms with E-state index in [1.165, 1.54) is 18.2 Å². The van der Waals surface area contributed by atoms with Crippen molar-refractivity contribution >= 4 is 16.8 Å². The van der Waals surface area contributed by atoms with Crippen LogP contribution in [0.1, 0.15) is 19.8 Å². The number of para-hydroxylation sites is 1. The molecule has 2 heterocycles. The number of aromatic nitrogens is 1. The monoisotopic (exact) mass is 313 g/mol. The third kappa shape index (κ3) is 3.27. The number of amides is 1. The molecule has 1 fully saturated rings. The number of benzene rings is 1. The first-order valence-corrected chi connectivity index (χ1v) is 8.58. The Balaban J connectivity index is 1.71. The Bertz CT molecular complexity index is 676. The molecule has 1 aromatic heterocycles. The first-order valence-electron chi connectivity index (χ1n) is 8.58. The Kier molecular flexibility index (Phi) is 4.71. The Hall–Kier alpha value is -1.81. The number of rotatable bonds is 5. The fourth-order valence-electron chi connectivity index (χ4n) is 3.82. The van der Waals surface area contributed by atoms with Crippen LogP contribution in [0.5, 0.6) is 0 Å². The van der Waals surface area contributed by atoms with Gasteiger partial charge in [-0.1, -0.05) is 31.5 Å². The maximum atomic E-state index is 12.8. The summed E-state index contributed by atoms with van der Waals surface area (Å²) in [6.07, 6.45) is 4.39. The van der Waals surface area contributed by atoms with Gasteiger partial charge in [0.2, 0.25) is 5.91 Å². The second-order valence-corrected chi connectivity index (χ2v) is 6.88. The van der Waals surface area contributed by atoms with Crippen molar-refractivity contribution in [2.75, 3.05) is 27.2 Å². The Morgan fingerprint density at radius 1 is 1.22 bits per heavy atom. The summed E-state index contributed by atoms with van der Waals surface area (Å²) in [5.41, 5.74) is 1.13. The van der Waals surface area contributed by atoms with Crippen molar-refractivity contribution in [3.63, 3.8) is 0 Å². The second-order valence-electron chi connectivity index (χ2n) is 6.88. The summed E-state index contributed by atoms with van der Waals surface area (Å²) < 4.78 is 2.06. The third-order valence-electron chi connectivity index (χ3n) is 5.07. The summed E-state index contributed by atoms with van der Waals surface area (Å²) in [6, 6.07) is 10.8. The van der Waals surface area contributed by atoms with Crippen molar-refractivity contribution in [1.82, 2.24) is 14.4 Å². The number of fused-ring (bicyclic) bond motifs is 1. The molecule has 0 bridgehead atoms. The van der Waals surface area contributed by atoms with Crippen LogP contribution in [0.4, 0.5) is 0 Å². The van der Waals surface area contributed by atoms with Crippen LogP contribution in [0, 0.1) is 5.92 Å². The fourth-order valence-corrected chi connectivity index (χ4v) is 3.82. The molecule has 1 saturated heterocycles. The zero-order chi connectivity index (χ0) is 16.4. The number of carbonyl (C=O) groups is 1. The van der Waals surface area contributed by atoms with Crippen LogP contribution in [0.2, 0.25) is 0 Å². The predicted molar refractivity (Wildman–Crippen MR) is 94.4 cm³/mol. The lowest BCUT2D eigenvalue weighted by atomic mass is 9.98. The zero-order valence-electron chi connectivity index (χ0n) is 14.4. The van der Waals surface area contributed by atoms with Crippen molar-refractivity contribution < 1.29 is 4.79 Å². The van der Waals surface area contributed by atoms with E-state index in [1.807, 2.05) is 18.3 Å². The average molecular weight is 313 g/mol. The summed E-state index contributed by atoms with van der Waals surface area (Å²) >= 11 is 0. The number of likely N-dealkylation sites (tertiary alicyclic amines) is 1. The smallest absolute Gasteiger partial charge is 0.242 e. The normalized spacial score (nSPS) is 21.5. The Morgan fingerprint density at radius 3 is 2.74 bits per heavy atom. The minimum Gasteiger partial charge on any atom is -0.339 e. The van der Waals surface area contributed by atoms with Gasteiger partial charge in [-0.05, 0) is 44.0 Å². The Morgan fingerprint density at radius 2 is 2.00 bits per heavy atom. The molecule has 1 aliphatic heterocycles. The van der Waals surface area contributed by atoms with Gasteiger partial charge in [0.25, 0.3) is 0 Å². The summed E-state index contributed by atoms with van der Waals surface area (Å²) in [7, 11) is 4.25. The van der Waals surface area contributed by atoms with Crippen LogP contribution in [0.15, 0.2) is 36.5 Å². The first kappa shape index (κ1) is 16.1. The lowest BCUT2D eigenvalue weighted by Gasteiger charge is -2.24. The van der Waals surface area contributed by atoms with Crippen molar-refractivity contribution in [3.05, 3.63) is 36.5 Å². The maximum absolute atomic E-state index is 12.8. The highest BCUT2D eigenvalue weighted by molar-refractivity contribution is 5.83. The molecule has 1 aromatic carbocycles. The molecular formula is C19H27N3O. The molecule has 4 nitrogen and oxygen atoms in total. The van der Waals surface area contributed by atoms with Gasteiger partial charge in [-0.3, -0.25) is 4.79 Å². The standard InChI is InChI=1S/C19H27N3O/c1-4-7-16-12-22(13-18(16)20(2)3)19(23)14-21-11-10-15-8-5-6-9-17(15)21/h5-6,8-11,16,18H,4,7,12-14H2,1-3H3. The number of hydrogen-bond donors (Lipinski definition) is 0. The van der Waals surface area contributed by atoms with E-state index in [-0.39, 0.29) is 5.91 Å². The molecular weight excluding hydrogens is 286 g/mol. The van der Waals surface area contributed by atoms with E-state index in [9.17, 15) is 4.79 Å². The van der Waals surface area contributed by atoms with Crippen molar-refractivity contribution in [1.29, 1.82) is 0 Å². The van der Waals surface area contributed by atoms with Crippen molar-refractivity contribution in [2.45, 2.75) is 32.4 Å². The summed E-state index contributed by atoms with van der Waals surface area (Å²) in [6.45, 7) is 4.42. The molecule has 0 saturated carbocycles. The second kappa shape index (κ2) is 6.75. The van der Waals surface area contributed by atoms with Crippen molar-refractivity contribution in [2.24, 2.45) is 5.92 Å². The van der Waals surface area contributed by atoms with E-state index in [4.69, 9.17) is 0 Å². The van der Waals surface area contributed by atoms with Gasteiger partial charge in [0.15, 0.2) is 0 Å². The van der Waals surface area contributed by atoms with Crippen LogP contribution in [-0.2, 0) is 11.3 Å². The van der Waals surface area contributed by atoms with Gasteiger partial charge in [0.05, 0.1) is 0 Å². The number of nitrogens with zero attached hydrogens (tertiary/aromatic N) is 3. The van der Waals surface area contributed by atoms with Crippen molar-refractivity contribution in [3.8, 4) is 0 Å². The van der Waals surface area contributed by atoms with Gasteiger partial charge in [-0.2, -0.15) is 0 Å². The van der Waals surface area contributed by atoms with E-state index >= 15 is 0 Å². The Labute approximate surface area is 138 Å². The third-order valence-corrected chi connectivity index (χ3v) is 5.07. The quantitative estimate of drug-likeness (QED) is 0.849. The maximum Gasteiger partial charge on any atom is 0.242 e. The van der Waals surface area contributed by atoms with E-state index in [0.29, 0.717) is 18.5 Å². The molecule has 1 aliphatic rings. The molecule has 2 unspecified atom stereocenters. The molecule has 0 aliphatic carbocycles. The van der Waals surface area contributed by atoms with Gasteiger partial charge < -0.3 is 14.4 Å². The highest BCUT2D eigenvalue weighted by Crippen LogP contribution is 2.25. The van der Waals surface area contributed by atoms with E-state index in [0.717, 1.165) is 18.6 Å². The van der Waals surface area contributed by atoms with Gasteiger partial charge in [0.1, 0.15) is 6.54 Å². The van der Waals surface area contributed by atoms with Gasteiger partial charge in [-0.15, -0.1) is 0 Å². The zero-order valence-corrected chi connectivity index (χ0v) is 14.4. The van der Waals surface area contributed by atoms with Gasteiger partial charge in [0, 0.05) is 30.8 Å². The van der Waals surface area contributed by atoms with Crippen LogP contribution in [-0.4, -0.2) is 53.5 Å². The van der Waals surface area contributed by atoms with Gasteiger partial charge >= 0.3 is 0 Å². The predicted octanol–water partition coefficient (Wildman–Crippen LogP) is 2.83. The molecule has 3 rings (SSSR count). The summed E-state index contributed by atoms with van der Waals surface area (Å²) in [5, 5.41) is 1.19. The minimum atomic E-state index is 0.233. The van der Waals surface area contributed by atoms with E-state index < -0.39 is 0 Å². The molecule has 4 heteroatoms.